The molecule has 6 amide bonds. The SMILES string of the molecule is CC(=O)N[C@@H]1[C@H](O[C@@H]2[C@@H](O)[C@H](NC(C)=O)[C@H](O[C@@H]3[C@@H](O)[C@@H](O[C@@H]4[C@@H](O)[C@@H](NC(C)=O)[C@@H](O[C@H]5[C@H](O)[C@@H](NC(C)=O)[C@@H](OP(=O)([O-])OP(=O)([O-])OC/C=C(/C)CC/C=C(/C)CC/C=C(/C)CC/C=C(/C)CC/C=C(/C)CC/C=C(/C)CC/C=C(/C)CC/C=C(/C)CC/C=C(\C)CC/C=C(\C)CCC=C(C)C)O[C@@H]5CO)O[C@H]4C(=O)[O-])O[C@H](C)[C@@H]3NC(C)=O)O[C@H]2CO)O[C@H](C(=O)[O-])[C@@H](O[C@@H]2O[C@@H](C)[C@@H](NC(C)=O)[C@@H](O)[C@@H]2O)[C@@H]1O. The number of aliphatic hydroxyl groups is 9. The lowest BCUT2D eigenvalue weighted by Gasteiger charge is -2.52. The molecule has 0 saturated carbocycles. The number of aliphatic carboxylic acids is 2. The van der Waals surface area contributed by atoms with Crippen LogP contribution in [0.3, 0.4) is 0 Å². The van der Waals surface area contributed by atoms with Crippen LogP contribution in [0, 0.1) is 0 Å². The van der Waals surface area contributed by atoms with E-state index >= 15 is 0 Å². The lowest BCUT2D eigenvalue weighted by molar-refractivity contribution is -0.381. The summed E-state index contributed by atoms with van der Waals surface area (Å²) in [6.07, 6.45) is -6.78. The number of allylic oxidation sites excluding steroid dienone is 21. The fourth-order valence-electron chi connectivity index (χ4n) is 18.0. The molecule has 32 atom stereocenters. The Kier molecular flexibility index (Phi) is 55.1. The van der Waals surface area contributed by atoms with Gasteiger partial charge in [-0.1, -0.05) is 128 Å². The van der Waals surface area contributed by atoms with Crippen LogP contribution >= 0.6 is 15.6 Å². The molecule has 6 aliphatic rings. The van der Waals surface area contributed by atoms with E-state index in [1.807, 2.05) is 6.92 Å². The Bertz CT molecular complexity index is 4780. The highest BCUT2D eigenvalue weighted by Crippen LogP contribution is 2.57. The Labute approximate surface area is 868 Å². The third kappa shape index (κ3) is 43.0. The van der Waals surface area contributed by atoms with E-state index in [0.717, 1.165) is 163 Å². The molecule has 0 radical (unpaired) electrons. The van der Waals surface area contributed by atoms with Crippen LogP contribution in [-0.2, 0) is 113 Å². The molecule has 15 N–H and O–H groups in total. The molecule has 0 aliphatic carbocycles. The molecule has 840 valence electrons. The number of rotatable bonds is 57. The number of ether oxygens (including phenoxy) is 11. The quantitative estimate of drug-likeness (QED) is 0.0293. The Morgan fingerprint density at radius 3 is 0.845 bits per heavy atom. The highest BCUT2D eigenvalue weighted by Gasteiger charge is 2.60. The van der Waals surface area contributed by atoms with Gasteiger partial charge < -0.3 is 164 Å². The van der Waals surface area contributed by atoms with Crippen molar-refractivity contribution in [2.24, 2.45) is 0 Å². The van der Waals surface area contributed by atoms with Gasteiger partial charge in [0.05, 0.1) is 56.1 Å². The Balaban J connectivity index is 0.991. The van der Waals surface area contributed by atoms with Crippen LogP contribution in [0.15, 0.2) is 128 Å². The van der Waals surface area contributed by atoms with Gasteiger partial charge in [-0.25, -0.2) is 4.31 Å². The maximum Gasteiger partial charge on any atom is 0.276 e. The number of amides is 6. The molecule has 6 heterocycles. The molecular weight excluding hydrogens is 1980 g/mol. The first-order valence-electron chi connectivity index (χ1n) is 50.6. The lowest BCUT2D eigenvalue weighted by Crippen LogP contribution is -2.73. The Morgan fingerprint density at radius 1 is 0.291 bits per heavy atom. The average Bonchev–Trinajstić information content (AvgIpc) is 0.759. The summed E-state index contributed by atoms with van der Waals surface area (Å²) in [6.45, 7) is 31.1. The fourth-order valence-corrected chi connectivity index (χ4v) is 20.0. The second-order valence-corrected chi connectivity index (χ2v) is 42.6. The number of carboxylic acids is 2. The molecule has 148 heavy (non-hydrogen) atoms. The topological polar surface area (TPSA) is 646 Å². The van der Waals surface area contributed by atoms with Crippen molar-refractivity contribution in [3.05, 3.63) is 128 Å². The van der Waals surface area contributed by atoms with Gasteiger partial charge in [-0.2, -0.15) is 0 Å². The van der Waals surface area contributed by atoms with Crippen LogP contribution in [0.1, 0.15) is 267 Å². The number of hydrogen-bond acceptors (Lipinski definition) is 37. The number of phosphoric ester groups is 2. The standard InChI is InChI=1S/C103H166N6O37P2/c1-55(2)31-21-32-56(3)33-22-34-57(4)35-23-36-58(5)37-24-38-59(6)39-25-40-60(7)41-26-42-61(8)43-27-44-62(9)45-28-46-63(10)47-29-48-64(11)49-30-50-65(12)51-52-133-147(129,130)146-148(131,132)145-101-81(109-73(20)117)84(120)90(75(54-111)137-101)139-100-80(108-72(19)116)86(122)93(95(144-100)97(127)128)142-103-88(124)91(77(67(14)135-103)105-69(16)113)140-98-78(106-70(17)114)83(119)89(74(53-110)136-98)138-99-79(107-71(18)115)85(121)92(94(143-99)96(125)126)141-102-87(123)82(118)76(66(13)134-102)104-68(15)112/h31,33,35,37,39,41,43,45,47,49,51,66-67,74-95,98-103,110-111,118-124H,21-30,32,34,36,38,40,42,44,46,48,50,52-54H2,1-20H3,(H,104,112)(H,105,113)(H,106,114)(H,107,115)(H,108,116)(H,109,117)(H,125,126)(H,127,128)(H,129,130)(H,131,132)/p-4/b56-33+,57-35+,58-37-,59-39-,60-41-,61-43-,62-45-,63-47-,64-49-,65-51-/t66-,67+,74-,75+,76+,77-,78-,79-,80+,81+,82+,83-,84+,85+,86-,87-,88+,89-,90+,91-,92-,93+,94-,95+,98-,99+,100-,101+,102-,103+/m0/s1. The van der Waals surface area contributed by atoms with Crippen LogP contribution in [0.5, 0.6) is 0 Å². The van der Waals surface area contributed by atoms with E-state index in [4.69, 9.17) is 61.2 Å². The molecule has 6 saturated heterocycles. The van der Waals surface area contributed by atoms with Crippen LogP contribution in [0.4, 0.5) is 0 Å². The minimum absolute atomic E-state index is 0.469. The third-order valence-corrected chi connectivity index (χ3v) is 28.7. The van der Waals surface area contributed by atoms with Gasteiger partial charge in [-0.15, -0.1) is 0 Å². The molecule has 0 aromatic carbocycles. The zero-order valence-electron chi connectivity index (χ0n) is 88.8. The molecule has 45 heteroatoms. The van der Waals surface area contributed by atoms with Gasteiger partial charge >= 0.3 is 0 Å². The number of carboxylic acid groups (broad SMARTS) is 2. The van der Waals surface area contributed by atoms with Gasteiger partial charge in [0.2, 0.25) is 35.4 Å². The first kappa shape index (κ1) is 129. The van der Waals surface area contributed by atoms with Crippen molar-refractivity contribution < 1.29 is 179 Å². The van der Waals surface area contributed by atoms with Crippen LogP contribution in [0.2, 0.25) is 0 Å². The summed E-state index contributed by atoms with van der Waals surface area (Å²) in [4.78, 5) is 129. The minimum atomic E-state index is -6.23. The summed E-state index contributed by atoms with van der Waals surface area (Å²) in [5, 5.41) is 145. The van der Waals surface area contributed by atoms with E-state index in [2.05, 4.69) is 166 Å². The van der Waals surface area contributed by atoms with E-state index in [0.29, 0.717) is 18.4 Å². The van der Waals surface area contributed by atoms with Crippen LogP contribution < -0.4 is 51.9 Å². The predicted octanol–water partition coefficient (Wildman–Crippen LogP) is 4.56. The monoisotopic (exact) mass is 2140 g/mol. The molecular formula is C103H162N6O37P2-4. The molecule has 43 nitrogen and oxygen atoms in total. The normalized spacial score (nSPS) is 32.5. The van der Waals surface area contributed by atoms with Gasteiger partial charge in [0.25, 0.3) is 15.6 Å². The van der Waals surface area contributed by atoms with Gasteiger partial charge in [0.15, 0.2) is 37.7 Å². The molecule has 0 aromatic heterocycles. The largest absolute Gasteiger partial charge is 0.756 e. The number of nitrogens with one attached hydrogen (secondary N) is 6. The zero-order valence-corrected chi connectivity index (χ0v) is 90.6. The summed E-state index contributed by atoms with van der Waals surface area (Å²) in [7, 11) is -12.1. The first-order chi connectivity index (χ1) is 69.5. The average molecular weight is 2140 g/mol. The molecule has 2 unspecified atom stereocenters. The van der Waals surface area contributed by atoms with E-state index in [1.165, 1.54) is 70.1 Å². The minimum Gasteiger partial charge on any atom is -0.756 e. The highest BCUT2D eigenvalue weighted by atomic mass is 31.3. The fraction of sp³-hybridized carbons (Fsp3) is 0.709. The second-order valence-electron chi connectivity index (χ2n) is 39.7. The predicted molar refractivity (Wildman–Crippen MR) is 532 cm³/mol. The van der Waals surface area contributed by atoms with Gasteiger partial charge in [0.1, 0.15) is 122 Å². The molecule has 0 bridgehead atoms. The van der Waals surface area contributed by atoms with Gasteiger partial charge in [-0.05, 0) is 225 Å². The maximum absolute atomic E-state index is 13.5. The first-order valence-corrected chi connectivity index (χ1v) is 53.6. The van der Waals surface area contributed by atoms with E-state index in [9.17, 15) is 113 Å². The van der Waals surface area contributed by atoms with E-state index < -0.39 is 267 Å². The zero-order chi connectivity index (χ0) is 110. The third-order valence-electron chi connectivity index (χ3n) is 26.1. The lowest BCUT2D eigenvalue weighted by atomic mass is 9.92. The number of hydrogen-bond donors (Lipinski definition) is 15. The summed E-state index contributed by atoms with van der Waals surface area (Å²) in [5.41, 5.74) is 14.6. The van der Waals surface area contributed by atoms with Crippen molar-refractivity contribution in [1.82, 2.24) is 31.9 Å². The van der Waals surface area contributed by atoms with E-state index in [1.54, 1.807) is 6.92 Å². The Morgan fingerprint density at radius 2 is 0.541 bits per heavy atom. The van der Waals surface area contributed by atoms with Crippen molar-refractivity contribution in [3.63, 3.8) is 0 Å². The number of phosphoric acid groups is 2. The summed E-state index contributed by atoms with van der Waals surface area (Å²) >= 11 is 0. The van der Waals surface area contributed by atoms with Crippen molar-refractivity contribution in [2.75, 3.05) is 19.8 Å². The maximum atomic E-state index is 13.5. The summed E-state index contributed by atoms with van der Waals surface area (Å²) in [5.74, 6) is -9.74. The van der Waals surface area contributed by atoms with Crippen molar-refractivity contribution in [2.45, 2.75) is 451 Å². The molecule has 6 aliphatic heterocycles. The summed E-state index contributed by atoms with van der Waals surface area (Å²) < 4.78 is 106. The second kappa shape index (κ2) is 63.3. The van der Waals surface area contributed by atoms with Gasteiger partial charge in [0, 0.05) is 41.5 Å². The molecule has 0 spiro atoms. The van der Waals surface area contributed by atoms with Crippen LogP contribution in [0.25, 0.3) is 0 Å². The van der Waals surface area contributed by atoms with Gasteiger partial charge in [-0.3, -0.25) is 42.4 Å². The van der Waals surface area contributed by atoms with Crippen molar-refractivity contribution >= 4 is 63.0 Å². The number of aliphatic hydroxyl groups excluding tert-OH is 9. The molecule has 6 fully saturated rings. The smallest absolute Gasteiger partial charge is 0.276 e. The highest BCUT2D eigenvalue weighted by molar-refractivity contribution is 7.59. The van der Waals surface area contributed by atoms with Crippen molar-refractivity contribution in [1.29, 1.82) is 0 Å². The number of carbonyl (C=O) groups is 8. The Hall–Kier alpha value is -7.64. The van der Waals surface area contributed by atoms with Crippen LogP contribution in [-0.4, -0.2) is 297 Å². The van der Waals surface area contributed by atoms with E-state index in [-0.39, 0.29) is 0 Å². The molecule has 0 aromatic rings. The summed E-state index contributed by atoms with van der Waals surface area (Å²) in [6, 6.07) is -10.9. The number of carbonyl (C=O) groups excluding carboxylic acids is 8. The molecule has 6 rings (SSSR count). The van der Waals surface area contributed by atoms with Crippen molar-refractivity contribution in [3.8, 4) is 0 Å².